The van der Waals surface area contributed by atoms with Crippen LogP contribution < -0.4 is 4.74 Å². The average Bonchev–Trinajstić information content (AvgIpc) is 3.19. The molecule has 0 spiro atoms. The second kappa shape index (κ2) is 8.44. The van der Waals surface area contributed by atoms with E-state index in [0.717, 1.165) is 5.56 Å². The highest BCUT2D eigenvalue weighted by Crippen LogP contribution is 2.19. The molecule has 1 amide bonds. The molecule has 0 atom stereocenters. The minimum Gasteiger partial charge on any atom is -0.494 e. The Morgan fingerprint density at radius 1 is 1.19 bits per heavy atom. The van der Waals surface area contributed by atoms with Gasteiger partial charge in [-0.25, -0.2) is 14.1 Å². The van der Waals surface area contributed by atoms with E-state index in [0.29, 0.717) is 30.8 Å². The Morgan fingerprint density at radius 2 is 1.93 bits per heavy atom. The first kappa shape index (κ1) is 18.6. The van der Waals surface area contributed by atoms with Gasteiger partial charge in [-0.3, -0.25) is 4.79 Å². The van der Waals surface area contributed by atoms with Crippen molar-refractivity contribution in [3.63, 3.8) is 0 Å². The highest BCUT2D eigenvalue weighted by Gasteiger charge is 2.15. The molecule has 7 heteroatoms. The standard InChI is InChI=1S/C20H21FN4O2/c1-3-24(11-16-6-9-19(27-2)18(21)10-16)20(26)17-7-4-15(5-8-17)12-25-14-22-13-23-25/h4-10,13-14H,3,11-12H2,1-2H3. The zero-order valence-corrected chi connectivity index (χ0v) is 15.3. The van der Waals surface area contributed by atoms with Crippen molar-refractivity contribution in [1.29, 1.82) is 0 Å². The molecular formula is C20H21FN4O2. The predicted molar refractivity (Wildman–Crippen MR) is 98.9 cm³/mol. The van der Waals surface area contributed by atoms with Crippen LogP contribution in [0.15, 0.2) is 55.1 Å². The molecule has 0 fully saturated rings. The van der Waals surface area contributed by atoms with Crippen molar-refractivity contribution >= 4 is 5.91 Å². The number of halogens is 1. The third-order valence-electron chi connectivity index (χ3n) is 4.27. The molecule has 0 radical (unpaired) electrons. The van der Waals surface area contributed by atoms with Crippen molar-refractivity contribution in [1.82, 2.24) is 19.7 Å². The zero-order chi connectivity index (χ0) is 19.2. The Bertz CT molecular complexity index is 895. The van der Waals surface area contributed by atoms with Gasteiger partial charge in [0.25, 0.3) is 5.91 Å². The highest BCUT2D eigenvalue weighted by atomic mass is 19.1. The van der Waals surface area contributed by atoms with Crippen LogP contribution in [0.1, 0.15) is 28.4 Å². The summed E-state index contributed by atoms with van der Waals surface area (Å²) in [6.45, 7) is 3.35. The summed E-state index contributed by atoms with van der Waals surface area (Å²) in [7, 11) is 1.42. The maximum atomic E-state index is 13.9. The van der Waals surface area contributed by atoms with Crippen LogP contribution in [0.5, 0.6) is 5.75 Å². The Balaban J connectivity index is 1.69. The number of rotatable bonds is 7. The van der Waals surface area contributed by atoms with Crippen LogP contribution in [0.25, 0.3) is 0 Å². The van der Waals surface area contributed by atoms with Gasteiger partial charge in [0, 0.05) is 18.7 Å². The van der Waals surface area contributed by atoms with Crippen molar-refractivity contribution < 1.29 is 13.9 Å². The quantitative estimate of drug-likeness (QED) is 0.643. The summed E-state index contributed by atoms with van der Waals surface area (Å²) in [5.74, 6) is -0.340. The Kier molecular flexibility index (Phi) is 5.80. The van der Waals surface area contributed by atoms with Crippen LogP contribution in [0.2, 0.25) is 0 Å². The summed E-state index contributed by atoms with van der Waals surface area (Å²) in [6.07, 6.45) is 3.13. The molecule has 2 aromatic carbocycles. The number of carbonyl (C=O) groups excluding carboxylic acids is 1. The molecule has 0 saturated heterocycles. The van der Waals surface area contributed by atoms with Crippen LogP contribution in [-0.4, -0.2) is 39.2 Å². The van der Waals surface area contributed by atoms with Gasteiger partial charge in [-0.1, -0.05) is 18.2 Å². The highest BCUT2D eigenvalue weighted by molar-refractivity contribution is 5.94. The topological polar surface area (TPSA) is 60.2 Å². The van der Waals surface area contributed by atoms with E-state index in [4.69, 9.17) is 4.74 Å². The van der Waals surface area contributed by atoms with Gasteiger partial charge >= 0.3 is 0 Å². The van der Waals surface area contributed by atoms with Crippen LogP contribution >= 0.6 is 0 Å². The lowest BCUT2D eigenvalue weighted by Gasteiger charge is -2.21. The van der Waals surface area contributed by atoms with E-state index in [9.17, 15) is 9.18 Å². The summed E-state index contributed by atoms with van der Waals surface area (Å²) in [6, 6.07) is 12.1. The van der Waals surface area contributed by atoms with Gasteiger partial charge in [0.15, 0.2) is 11.6 Å². The number of carbonyl (C=O) groups is 1. The molecule has 0 aliphatic heterocycles. The molecule has 0 bridgehead atoms. The number of benzene rings is 2. The molecule has 0 saturated carbocycles. The molecule has 0 aliphatic rings. The van der Waals surface area contributed by atoms with E-state index >= 15 is 0 Å². The number of nitrogens with zero attached hydrogens (tertiary/aromatic N) is 4. The van der Waals surface area contributed by atoms with Crippen molar-refractivity contribution in [2.45, 2.75) is 20.0 Å². The molecule has 0 aliphatic carbocycles. The van der Waals surface area contributed by atoms with E-state index in [-0.39, 0.29) is 11.7 Å². The lowest BCUT2D eigenvalue weighted by Crippen LogP contribution is -2.30. The van der Waals surface area contributed by atoms with Crippen LogP contribution in [0.3, 0.4) is 0 Å². The molecule has 1 aromatic heterocycles. The summed E-state index contributed by atoms with van der Waals surface area (Å²) in [5.41, 5.74) is 2.33. The molecule has 3 aromatic rings. The van der Waals surface area contributed by atoms with Gasteiger partial charge in [-0.15, -0.1) is 0 Å². The van der Waals surface area contributed by atoms with E-state index in [1.165, 1.54) is 19.5 Å². The van der Waals surface area contributed by atoms with Gasteiger partial charge in [0.2, 0.25) is 0 Å². The number of amides is 1. The first-order chi connectivity index (χ1) is 13.1. The SMILES string of the molecule is CCN(Cc1ccc(OC)c(F)c1)C(=O)c1ccc(Cn2cncn2)cc1. The zero-order valence-electron chi connectivity index (χ0n) is 15.3. The molecule has 0 N–H and O–H groups in total. The van der Waals surface area contributed by atoms with Gasteiger partial charge in [-0.2, -0.15) is 5.10 Å². The second-order valence-electron chi connectivity index (χ2n) is 6.08. The van der Waals surface area contributed by atoms with Crippen LogP contribution in [0, 0.1) is 5.82 Å². The van der Waals surface area contributed by atoms with Gasteiger partial charge < -0.3 is 9.64 Å². The van der Waals surface area contributed by atoms with Crippen LogP contribution in [-0.2, 0) is 13.1 Å². The fourth-order valence-electron chi connectivity index (χ4n) is 2.79. The maximum absolute atomic E-state index is 13.9. The van der Waals surface area contributed by atoms with Gasteiger partial charge in [0.1, 0.15) is 12.7 Å². The molecular weight excluding hydrogens is 347 g/mol. The predicted octanol–water partition coefficient (Wildman–Crippen LogP) is 3.14. The molecule has 1 heterocycles. The number of aromatic nitrogens is 3. The first-order valence-electron chi connectivity index (χ1n) is 8.63. The van der Waals surface area contributed by atoms with Crippen LogP contribution in [0.4, 0.5) is 4.39 Å². The van der Waals surface area contributed by atoms with Gasteiger partial charge in [0.05, 0.1) is 13.7 Å². The summed E-state index contributed by atoms with van der Waals surface area (Å²) < 4.78 is 20.5. The lowest BCUT2D eigenvalue weighted by atomic mass is 10.1. The van der Waals surface area contributed by atoms with Crippen molar-refractivity contribution in [3.05, 3.63) is 77.6 Å². The fourth-order valence-corrected chi connectivity index (χ4v) is 2.79. The average molecular weight is 368 g/mol. The summed E-state index contributed by atoms with van der Waals surface area (Å²) in [5, 5.41) is 4.07. The van der Waals surface area contributed by atoms with Crippen molar-refractivity contribution in [2.24, 2.45) is 0 Å². The number of hydrogen-bond donors (Lipinski definition) is 0. The molecule has 0 unspecified atom stereocenters. The van der Waals surface area contributed by atoms with E-state index in [1.807, 2.05) is 19.1 Å². The summed E-state index contributed by atoms with van der Waals surface area (Å²) in [4.78, 5) is 18.4. The normalized spacial score (nSPS) is 10.6. The third kappa shape index (κ3) is 4.49. The Morgan fingerprint density at radius 3 is 2.52 bits per heavy atom. The fraction of sp³-hybridized carbons (Fsp3) is 0.250. The van der Waals surface area contributed by atoms with E-state index in [2.05, 4.69) is 10.1 Å². The molecule has 6 nitrogen and oxygen atoms in total. The molecule has 3 rings (SSSR count). The number of methoxy groups -OCH3 is 1. The van der Waals surface area contributed by atoms with Gasteiger partial charge in [-0.05, 0) is 42.3 Å². The van der Waals surface area contributed by atoms with E-state index in [1.54, 1.807) is 40.2 Å². The minimum absolute atomic E-state index is 0.0963. The van der Waals surface area contributed by atoms with Crippen molar-refractivity contribution in [2.75, 3.05) is 13.7 Å². The first-order valence-corrected chi connectivity index (χ1v) is 8.63. The third-order valence-corrected chi connectivity index (χ3v) is 4.27. The minimum atomic E-state index is -0.434. The smallest absolute Gasteiger partial charge is 0.254 e. The monoisotopic (exact) mass is 368 g/mol. The molecule has 140 valence electrons. The summed E-state index contributed by atoms with van der Waals surface area (Å²) >= 11 is 0. The largest absolute Gasteiger partial charge is 0.494 e. The van der Waals surface area contributed by atoms with E-state index < -0.39 is 5.82 Å². The van der Waals surface area contributed by atoms with Crippen molar-refractivity contribution in [3.8, 4) is 5.75 Å². The maximum Gasteiger partial charge on any atom is 0.254 e. The number of hydrogen-bond acceptors (Lipinski definition) is 4. The lowest BCUT2D eigenvalue weighted by molar-refractivity contribution is 0.0752. The Hall–Kier alpha value is -3.22. The Labute approximate surface area is 157 Å². The molecule has 27 heavy (non-hydrogen) atoms. The second-order valence-corrected chi connectivity index (χ2v) is 6.08. The number of ether oxygens (including phenoxy) is 1.